The summed E-state index contributed by atoms with van der Waals surface area (Å²) >= 11 is 1.26. The molecule has 5 nitrogen and oxygen atoms in total. The lowest BCUT2D eigenvalue weighted by Crippen LogP contribution is -2.40. The molecule has 0 atom stereocenters. The van der Waals surface area contributed by atoms with Crippen molar-refractivity contribution in [2.75, 3.05) is 20.2 Å². The molecule has 0 aromatic carbocycles. The number of aliphatic hydroxyl groups is 1. The van der Waals surface area contributed by atoms with E-state index in [9.17, 15) is 8.42 Å². The highest BCUT2D eigenvalue weighted by Crippen LogP contribution is 2.27. The third-order valence-electron chi connectivity index (χ3n) is 3.20. The van der Waals surface area contributed by atoms with Crippen LogP contribution in [0.4, 0.5) is 0 Å². The summed E-state index contributed by atoms with van der Waals surface area (Å²) in [6, 6.07) is 1.56. The van der Waals surface area contributed by atoms with Gasteiger partial charge in [-0.2, -0.15) is 4.31 Å². The molecule has 2 rings (SSSR count). The van der Waals surface area contributed by atoms with Crippen molar-refractivity contribution in [2.45, 2.75) is 30.4 Å². The van der Waals surface area contributed by atoms with Gasteiger partial charge >= 0.3 is 0 Å². The van der Waals surface area contributed by atoms with Crippen molar-refractivity contribution in [3.05, 3.63) is 16.3 Å². The molecule has 102 valence electrons. The van der Waals surface area contributed by atoms with Crippen LogP contribution in [-0.2, 0) is 21.4 Å². The summed E-state index contributed by atoms with van der Waals surface area (Å²) in [5.74, 6) is 0. The number of methoxy groups -OCH3 is 1. The van der Waals surface area contributed by atoms with Gasteiger partial charge in [-0.3, -0.25) is 0 Å². The first kappa shape index (κ1) is 14.0. The number of rotatable bonds is 4. The molecule has 1 saturated heterocycles. The normalized spacial score (nSPS) is 19.2. The van der Waals surface area contributed by atoms with Gasteiger partial charge in [0.25, 0.3) is 0 Å². The number of nitrogens with zero attached hydrogens (tertiary/aromatic N) is 1. The van der Waals surface area contributed by atoms with Crippen LogP contribution in [0.2, 0.25) is 0 Å². The van der Waals surface area contributed by atoms with E-state index in [1.165, 1.54) is 15.6 Å². The topological polar surface area (TPSA) is 66.8 Å². The van der Waals surface area contributed by atoms with Crippen LogP contribution in [0.25, 0.3) is 0 Å². The fourth-order valence-electron chi connectivity index (χ4n) is 2.12. The Morgan fingerprint density at radius 3 is 2.72 bits per heavy atom. The molecule has 0 amide bonds. The molecule has 2 heterocycles. The lowest BCUT2D eigenvalue weighted by atomic mass is 10.1. The summed E-state index contributed by atoms with van der Waals surface area (Å²) in [7, 11) is -1.81. The largest absolute Gasteiger partial charge is 0.391 e. The lowest BCUT2D eigenvalue weighted by molar-refractivity contribution is 0.0604. The summed E-state index contributed by atoms with van der Waals surface area (Å²) in [5.41, 5.74) is 0. The Bertz CT molecular complexity index is 489. The predicted molar refractivity (Wildman–Crippen MR) is 69.0 cm³/mol. The standard InChI is InChI=1S/C11H17NO4S2/c1-16-9-2-5-12(6-3-9)18(14,15)11-4-7-17-10(11)8-13/h4,7,9,13H,2-3,5-6,8H2,1H3. The Labute approximate surface area is 111 Å². The van der Waals surface area contributed by atoms with Crippen molar-refractivity contribution in [1.82, 2.24) is 4.31 Å². The quantitative estimate of drug-likeness (QED) is 0.900. The molecule has 1 aliphatic heterocycles. The smallest absolute Gasteiger partial charge is 0.244 e. The monoisotopic (exact) mass is 291 g/mol. The number of aliphatic hydroxyl groups excluding tert-OH is 1. The zero-order chi connectivity index (χ0) is 13.2. The van der Waals surface area contributed by atoms with Gasteiger partial charge in [0, 0.05) is 25.1 Å². The predicted octanol–water partition coefficient (Wildman–Crippen LogP) is 1.04. The number of piperidine rings is 1. The van der Waals surface area contributed by atoms with Gasteiger partial charge < -0.3 is 9.84 Å². The van der Waals surface area contributed by atoms with E-state index in [4.69, 9.17) is 9.84 Å². The van der Waals surface area contributed by atoms with Crippen LogP contribution in [0.1, 0.15) is 17.7 Å². The third-order valence-corrected chi connectivity index (χ3v) is 6.22. The zero-order valence-electron chi connectivity index (χ0n) is 10.2. The van der Waals surface area contributed by atoms with Crippen LogP contribution in [0.15, 0.2) is 16.3 Å². The van der Waals surface area contributed by atoms with Gasteiger partial charge in [-0.25, -0.2) is 8.42 Å². The van der Waals surface area contributed by atoms with Crippen molar-refractivity contribution in [3.8, 4) is 0 Å². The summed E-state index contributed by atoms with van der Waals surface area (Å²) in [6.07, 6.45) is 1.58. The first-order valence-corrected chi connectivity index (χ1v) is 8.11. The minimum Gasteiger partial charge on any atom is -0.391 e. The Morgan fingerprint density at radius 2 is 2.17 bits per heavy atom. The molecule has 1 aliphatic rings. The van der Waals surface area contributed by atoms with E-state index < -0.39 is 10.0 Å². The summed E-state index contributed by atoms with van der Waals surface area (Å²) in [5, 5.41) is 10.9. The van der Waals surface area contributed by atoms with Crippen molar-refractivity contribution >= 4 is 21.4 Å². The highest BCUT2D eigenvalue weighted by Gasteiger charge is 2.31. The van der Waals surface area contributed by atoms with Crippen molar-refractivity contribution in [2.24, 2.45) is 0 Å². The van der Waals surface area contributed by atoms with E-state index in [0.717, 1.165) is 0 Å². The second kappa shape index (κ2) is 5.66. The Hall–Kier alpha value is -0.470. The Morgan fingerprint density at radius 1 is 1.50 bits per heavy atom. The minimum absolute atomic E-state index is 0.149. The van der Waals surface area contributed by atoms with Crippen LogP contribution in [0, 0.1) is 0 Å². The highest BCUT2D eigenvalue weighted by molar-refractivity contribution is 7.89. The van der Waals surface area contributed by atoms with Gasteiger partial charge in [-0.15, -0.1) is 11.3 Å². The van der Waals surface area contributed by atoms with Crippen LogP contribution < -0.4 is 0 Å². The van der Waals surface area contributed by atoms with E-state index >= 15 is 0 Å². The van der Waals surface area contributed by atoms with Crippen LogP contribution in [-0.4, -0.2) is 44.1 Å². The van der Waals surface area contributed by atoms with Crippen LogP contribution >= 0.6 is 11.3 Å². The van der Waals surface area contributed by atoms with E-state index in [1.807, 2.05) is 0 Å². The minimum atomic E-state index is -3.46. The fraction of sp³-hybridized carbons (Fsp3) is 0.636. The summed E-state index contributed by atoms with van der Waals surface area (Å²) < 4.78 is 31.5. The number of hydrogen-bond acceptors (Lipinski definition) is 5. The van der Waals surface area contributed by atoms with E-state index in [-0.39, 0.29) is 17.6 Å². The molecule has 18 heavy (non-hydrogen) atoms. The van der Waals surface area contributed by atoms with Gasteiger partial charge in [0.1, 0.15) is 0 Å². The van der Waals surface area contributed by atoms with Crippen molar-refractivity contribution < 1.29 is 18.3 Å². The molecule has 7 heteroatoms. The average molecular weight is 291 g/mol. The Balaban J connectivity index is 2.17. The lowest BCUT2D eigenvalue weighted by Gasteiger charge is -2.30. The fourth-order valence-corrected chi connectivity index (χ4v) is 4.86. The molecular weight excluding hydrogens is 274 g/mol. The highest BCUT2D eigenvalue weighted by atomic mass is 32.2. The van der Waals surface area contributed by atoms with Gasteiger partial charge in [-0.1, -0.05) is 0 Å². The molecule has 0 unspecified atom stereocenters. The van der Waals surface area contributed by atoms with Crippen molar-refractivity contribution in [1.29, 1.82) is 0 Å². The molecule has 0 saturated carbocycles. The second-order valence-electron chi connectivity index (χ2n) is 4.21. The first-order chi connectivity index (χ1) is 8.59. The number of sulfonamides is 1. The Kier molecular flexibility index (Phi) is 4.39. The van der Waals surface area contributed by atoms with Gasteiger partial charge in [-0.05, 0) is 24.3 Å². The van der Waals surface area contributed by atoms with Crippen LogP contribution in [0.3, 0.4) is 0 Å². The second-order valence-corrected chi connectivity index (χ2v) is 7.11. The van der Waals surface area contributed by atoms with Gasteiger partial charge in [0.2, 0.25) is 10.0 Å². The van der Waals surface area contributed by atoms with Gasteiger partial charge in [0.15, 0.2) is 0 Å². The molecule has 1 aromatic rings. The average Bonchev–Trinajstić information content (AvgIpc) is 2.88. The maximum Gasteiger partial charge on any atom is 0.244 e. The molecular formula is C11H17NO4S2. The molecule has 1 fully saturated rings. The molecule has 0 bridgehead atoms. The number of thiophene rings is 1. The molecule has 0 radical (unpaired) electrons. The van der Waals surface area contributed by atoms with Crippen LogP contribution in [0.5, 0.6) is 0 Å². The molecule has 0 spiro atoms. The molecule has 0 aliphatic carbocycles. The van der Waals surface area contributed by atoms with Gasteiger partial charge in [0.05, 0.1) is 17.6 Å². The molecule has 1 N–H and O–H groups in total. The van der Waals surface area contributed by atoms with E-state index in [2.05, 4.69) is 0 Å². The number of hydrogen-bond donors (Lipinski definition) is 1. The first-order valence-electron chi connectivity index (χ1n) is 5.79. The molecule has 1 aromatic heterocycles. The maximum absolute atomic E-state index is 12.4. The van der Waals surface area contributed by atoms with E-state index in [0.29, 0.717) is 30.8 Å². The van der Waals surface area contributed by atoms with E-state index in [1.54, 1.807) is 18.6 Å². The SMILES string of the molecule is COC1CCN(S(=O)(=O)c2ccsc2CO)CC1. The zero-order valence-corrected chi connectivity index (χ0v) is 11.8. The maximum atomic E-state index is 12.4. The van der Waals surface area contributed by atoms with Crippen molar-refractivity contribution in [3.63, 3.8) is 0 Å². The third kappa shape index (κ3) is 2.60. The number of ether oxygens (including phenoxy) is 1. The summed E-state index contributed by atoms with van der Waals surface area (Å²) in [6.45, 7) is 0.712. The summed E-state index contributed by atoms with van der Waals surface area (Å²) in [4.78, 5) is 0.745.